The van der Waals surface area contributed by atoms with Gasteiger partial charge in [-0.05, 0) is 24.3 Å². The monoisotopic (exact) mass is 479 g/mol. The molecule has 0 aliphatic heterocycles. The van der Waals surface area contributed by atoms with E-state index >= 15 is 0 Å². The number of esters is 1. The fourth-order valence-electron chi connectivity index (χ4n) is 3.15. The molecule has 0 atom stereocenters. The second-order valence-electron chi connectivity index (χ2n) is 6.76. The Kier molecular flexibility index (Phi) is 6.56. The van der Waals surface area contributed by atoms with Crippen LogP contribution in [-0.2, 0) is 17.2 Å². The Balaban J connectivity index is 0.000000331. The topological polar surface area (TPSA) is 108 Å². The van der Waals surface area contributed by atoms with E-state index in [1.807, 2.05) is 55.6 Å². The van der Waals surface area contributed by atoms with Gasteiger partial charge in [0.1, 0.15) is 18.5 Å². The molecule has 0 radical (unpaired) electrons. The molecule has 172 valence electrons. The minimum absolute atomic E-state index is 0.0551. The van der Waals surface area contributed by atoms with Crippen molar-refractivity contribution in [3.8, 4) is 11.5 Å². The number of para-hydroxylation sites is 2. The predicted octanol–water partition coefficient (Wildman–Crippen LogP) is 3.79. The lowest BCUT2D eigenvalue weighted by Crippen LogP contribution is -2.31. The van der Waals surface area contributed by atoms with Gasteiger partial charge in [-0.3, -0.25) is 0 Å². The van der Waals surface area contributed by atoms with Gasteiger partial charge in [0.2, 0.25) is 11.0 Å². The van der Waals surface area contributed by atoms with Crippen LogP contribution in [0.4, 0.5) is 13.2 Å². The van der Waals surface area contributed by atoms with Gasteiger partial charge < -0.3 is 14.4 Å². The number of hydrogen-bond donors (Lipinski definition) is 1. The molecular weight excluding hydrogens is 463 g/mol. The number of carbonyl (C=O) groups excluding carboxylic acids is 1. The molecule has 1 aromatic heterocycles. The molecule has 4 aromatic rings. The van der Waals surface area contributed by atoms with E-state index in [0.717, 1.165) is 21.8 Å². The van der Waals surface area contributed by atoms with Gasteiger partial charge in [0.25, 0.3) is 0 Å². The molecule has 3 aromatic carbocycles. The number of phenolic OH excluding ortho intramolecular Hbond substituents is 1. The highest BCUT2D eigenvalue weighted by molar-refractivity contribution is 7.86. The van der Waals surface area contributed by atoms with E-state index in [1.54, 1.807) is 12.1 Å². The molecule has 7 nitrogen and oxygen atoms in total. The Morgan fingerprint density at radius 1 is 0.939 bits per heavy atom. The van der Waals surface area contributed by atoms with Gasteiger partial charge in [0, 0.05) is 18.2 Å². The van der Waals surface area contributed by atoms with Crippen molar-refractivity contribution in [3.63, 3.8) is 0 Å². The molecule has 0 spiro atoms. The van der Waals surface area contributed by atoms with Crippen LogP contribution < -0.4 is 9.30 Å². The molecule has 0 fully saturated rings. The lowest BCUT2D eigenvalue weighted by atomic mass is 10.0. The normalized spacial score (nSPS) is 11.7. The first-order valence-electron chi connectivity index (χ1n) is 9.23. The van der Waals surface area contributed by atoms with E-state index in [-0.39, 0.29) is 5.75 Å². The predicted molar refractivity (Wildman–Crippen MR) is 111 cm³/mol. The summed E-state index contributed by atoms with van der Waals surface area (Å²) >= 11 is 0. The van der Waals surface area contributed by atoms with Gasteiger partial charge in [-0.25, -0.2) is 13.2 Å². The standard InChI is InChI=1S/C21H15NO3.CHF3O3S/c1-22-18-11-4-2-9-16(18)20(17-10-3-5-12-19(17)22)21(24)25-15-8-6-7-14(23)13-15;2-1(3,4)8(5,6)7/h2-13H,1H3;(H,5,6,7). The van der Waals surface area contributed by atoms with Gasteiger partial charge in [0.05, 0.1) is 16.3 Å². The van der Waals surface area contributed by atoms with Crippen molar-refractivity contribution < 1.29 is 45.3 Å². The maximum absolute atomic E-state index is 13.0. The molecule has 0 aliphatic rings. The van der Waals surface area contributed by atoms with Gasteiger partial charge in [0.15, 0.2) is 10.1 Å². The second kappa shape index (κ2) is 9.04. The number of phenols is 1. The summed E-state index contributed by atoms with van der Waals surface area (Å²) in [7, 11) is -4.11. The van der Waals surface area contributed by atoms with E-state index in [2.05, 4.69) is 4.57 Å². The summed E-state index contributed by atoms with van der Waals surface area (Å²) in [5, 5.41) is 11.2. The Morgan fingerprint density at radius 2 is 1.42 bits per heavy atom. The summed E-state index contributed by atoms with van der Waals surface area (Å²) < 4.78 is 66.5. The van der Waals surface area contributed by atoms with Crippen molar-refractivity contribution in [1.82, 2.24) is 0 Å². The molecule has 1 N–H and O–H groups in total. The second-order valence-corrected chi connectivity index (χ2v) is 8.13. The zero-order chi connectivity index (χ0) is 24.4. The van der Waals surface area contributed by atoms with Gasteiger partial charge in [-0.15, -0.1) is 0 Å². The smallest absolute Gasteiger partial charge is 0.485 e. The number of fused-ring (bicyclic) bond motifs is 2. The first kappa shape index (κ1) is 24.0. The van der Waals surface area contributed by atoms with E-state index < -0.39 is 21.6 Å². The highest BCUT2D eigenvalue weighted by atomic mass is 32.2. The van der Waals surface area contributed by atoms with Crippen molar-refractivity contribution in [1.29, 1.82) is 0 Å². The summed E-state index contributed by atoms with van der Waals surface area (Å²) in [6, 6.07) is 21.7. The van der Waals surface area contributed by atoms with Gasteiger partial charge in [-0.2, -0.15) is 17.7 Å². The van der Waals surface area contributed by atoms with Crippen LogP contribution in [-0.4, -0.2) is 29.6 Å². The number of ether oxygens (including phenoxy) is 1. The van der Waals surface area contributed by atoms with Crippen LogP contribution in [0.1, 0.15) is 10.4 Å². The Hall–Kier alpha value is -3.70. The highest BCUT2D eigenvalue weighted by Gasteiger charge is 2.36. The Morgan fingerprint density at radius 3 is 1.88 bits per heavy atom. The number of carbonyl (C=O) groups is 1. The van der Waals surface area contributed by atoms with Crippen molar-refractivity contribution in [2.45, 2.75) is 5.51 Å². The molecule has 0 saturated heterocycles. The van der Waals surface area contributed by atoms with Crippen LogP contribution in [0.3, 0.4) is 0 Å². The average Bonchev–Trinajstić information content (AvgIpc) is 2.73. The number of aryl methyl sites for hydroxylation is 1. The fraction of sp³-hybridized carbons (Fsp3) is 0.0909. The first-order chi connectivity index (χ1) is 15.4. The highest BCUT2D eigenvalue weighted by Crippen LogP contribution is 2.27. The van der Waals surface area contributed by atoms with Crippen molar-refractivity contribution in [2.75, 3.05) is 0 Å². The molecular formula is C22H16F3NO6S. The summed E-state index contributed by atoms with van der Waals surface area (Å²) in [4.78, 5) is 13.0. The molecule has 0 bridgehead atoms. The summed E-state index contributed by atoms with van der Waals surface area (Å²) in [5.41, 5.74) is -3.23. The average molecular weight is 479 g/mol. The molecule has 33 heavy (non-hydrogen) atoms. The zero-order valence-corrected chi connectivity index (χ0v) is 17.7. The third-order valence-electron chi connectivity index (χ3n) is 4.59. The molecule has 0 unspecified atom stereocenters. The quantitative estimate of drug-likeness (QED) is 0.117. The molecule has 0 aliphatic carbocycles. The minimum Gasteiger partial charge on any atom is -0.741 e. The number of halogens is 3. The summed E-state index contributed by atoms with van der Waals surface area (Å²) in [6.07, 6.45) is 0. The number of hydrogen-bond acceptors (Lipinski definition) is 6. The van der Waals surface area contributed by atoms with Crippen molar-refractivity contribution in [2.24, 2.45) is 7.05 Å². The fourth-order valence-corrected chi connectivity index (χ4v) is 3.15. The number of aromatic hydroxyl groups is 1. The third kappa shape index (κ3) is 5.21. The van der Waals surface area contributed by atoms with E-state index in [1.165, 1.54) is 12.1 Å². The molecule has 0 amide bonds. The lowest BCUT2D eigenvalue weighted by molar-refractivity contribution is -0.617. The first-order valence-corrected chi connectivity index (χ1v) is 10.6. The van der Waals surface area contributed by atoms with Crippen LogP contribution >= 0.6 is 0 Å². The molecule has 1 heterocycles. The largest absolute Gasteiger partial charge is 0.741 e. The van der Waals surface area contributed by atoms with E-state index in [4.69, 9.17) is 17.7 Å². The molecule has 11 heteroatoms. The number of nitrogens with zero attached hydrogens (tertiary/aromatic N) is 1. The van der Waals surface area contributed by atoms with E-state index in [9.17, 15) is 23.1 Å². The number of pyridine rings is 1. The SMILES string of the molecule is C[n+]1c2ccccc2c(C(=O)Oc2cccc(O)c2)c2ccccc21.O=S(=O)([O-])C(F)(F)F. The maximum atomic E-state index is 13.0. The molecule has 0 saturated carbocycles. The maximum Gasteiger partial charge on any atom is 0.485 e. The number of benzene rings is 3. The number of rotatable bonds is 2. The summed E-state index contributed by atoms with van der Waals surface area (Å²) in [5.74, 6) is -0.0792. The number of aromatic nitrogens is 1. The third-order valence-corrected chi connectivity index (χ3v) is 5.15. The van der Waals surface area contributed by atoms with Crippen LogP contribution in [0.5, 0.6) is 11.5 Å². The van der Waals surface area contributed by atoms with Crippen LogP contribution in [0.15, 0.2) is 72.8 Å². The van der Waals surface area contributed by atoms with Gasteiger partial charge >= 0.3 is 11.5 Å². The summed E-state index contributed by atoms with van der Waals surface area (Å²) in [6.45, 7) is 0. The zero-order valence-electron chi connectivity index (χ0n) is 16.9. The van der Waals surface area contributed by atoms with Crippen LogP contribution in [0.2, 0.25) is 0 Å². The van der Waals surface area contributed by atoms with Gasteiger partial charge in [-0.1, -0.05) is 30.3 Å². The lowest BCUT2D eigenvalue weighted by Gasteiger charge is -2.10. The molecule has 4 rings (SSSR count). The Bertz CT molecular complexity index is 1400. The van der Waals surface area contributed by atoms with E-state index in [0.29, 0.717) is 11.3 Å². The number of alkyl halides is 3. The minimum atomic E-state index is -6.09. The Labute approximate surface area is 186 Å². The van der Waals surface area contributed by atoms with Crippen molar-refractivity contribution in [3.05, 3.63) is 78.4 Å². The van der Waals surface area contributed by atoms with Crippen LogP contribution in [0, 0.1) is 0 Å². The van der Waals surface area contributed by atoms with Crippen molar-refractivity contribution >= 4 is 37.9 Å². The van der Waals surface area contributed by atoms with Crippen LogP contribution in [0.25, 0.3) is 21.8 Å².